The van der Waals surface area contributed by atoms with Crippen molar-refractivity contribution in [2.24, 2.45) is 11.7 Å². The Morgan fingerprint density at radius 1 is 1.54 bits per heavy atom. The van der Waals surface area contributed by atoms with Gasteiger partial charge in [-0.1, -0.05) is 20.3 Å². The second-order valence-corrected chi connectivity index (χ2v) is 2.90. The Morgan fingerprint density at radius 2 is 2.08 bits per heavy atom. The molecule has 76 valence electrons. The molecule has 0 unspecified atom stereocenters. The van der Waals surface area contributed by atoms with E-state index in [1.54, 1.807) is 0 Å². The van der Waals surface area contributed by atoms with Crippen molar-refractivity contribution in [2.75, 3.05) is 7.11 Å². The van der Waals surface area contributed by atoms with Crippen molar-refractivity contribution >= 4 is 12.0 Å². The van der Waals surface area contributed by atoms with E-state index < -0.39 is 18.0 Å². The Kier molecular flexibility index (Phi) is 4.87. The van der Waals surface area contributed by atoms with E-state index in [9.17, 15) is 9.59 Å². The number of carbonyl (C=O) groups excluding carboxylic acids is 2. The van der Waals surface area contributed by atoms with Gasteiger partial charge in [0.1, 0.15) is 6.04 Å². The van der Waals surface area contributed by atoms with Crippen LogP contribution in [0, 0.1) is 5.92 Å². The lowest BCUT2D eigenvalue weighted by Crippen LogP contribution is -2.48. The summed E-state index contributed by atoms with van der Waals surface area (Å²) < 4.78 is 4.37. The van der Waals surface area contributed by atoms with Crippen LogP contribution in [0.5, 0.6) is 0 Å². The number of primary amides is 1. The van der Waals surface area contributed by atoms with E-state index in [2.05, 4.69) is 10.1 Å². The van der Waals surface area contributed by atoms with Crippen molar-refractivity contribution in [3.05, 3.63) is 0 Å². The van der Waals surface area contributed by atoms with E-state index >= 15 is 0 Å². The Hall–Kier alpha value is -1.26. The summed E-state index contributed by atoms with van der Waals surface area (Å²) >= 11 is 0. The molecule has 2 atom stereocenters. The molecule has 0 radical (unpaired) electrons. The molecule has 0 saturated heterocycles. The Balaban J connectivity index is 4.26. The van der Waals surface area contributed by atoms with Gasteiger partial charge < -0.3 is 15.8 Å². The number of hydrogen-bond donors (Lipinski definition) is 2. The van der Waals surface area contributed by atoms with Gasteiger partial charge in [-0.15, -0.1) is 0 Å². The molecule has 0 aromatic heterocycles. The van der Waals surface area contributed by atoms with E-state index in [1.165, 1.54) is 7.11 Å². The van der Waals surface area contributed by atoms with Crippen LogP contribution < -0.4 is 11.1 Å². The van der Waals surface area contributed by atoms with Crippen LogP contribution in [0.1, 0.15) is 20.3 Å². The number of carbonyl (C=O) groups is 2. The number of hydrogen-bond acceptors (Lipinski definition) is 3. The summed E-state index contributed by atoms with van der Waals surface area (Å²) in [5.41, 5.74) is 5.11. The van der Waals surface area contributed by atoms with Crippen LogP contribution in [0.3, 0.4) is 0 Å². The minimum Gasteiger partial charge on any atom is -0.453 e. The number of alkyl carbamates (subject to hydrolysis) is 1. The maximum Gasteiger partial charge on any atom is 0.407 e. The van der Waals surface area contributed by atoms with Crippen LogP contribution in [0.15, 0.2) is 0 Å². The molecule has 0 bridgehead atoms. The highest BCUT2D eigenvalue weighted by Gasteiger charge is 2.23. The molecule has 0 heterocycles. The largest absolute Gasteiger partial charge is 0.453 e. The molecule has 0 aromatic rings. The second-order valence-electron chi connectivity index (χ2n) is 2.90. The van der Waals surface area contributed by atoms with Crippen LogP contribution >= 0.6 is 0 Å². The van der Waals surface area contributed by atoms with Crippen molar-refractivity contribution in [3.63, 3.8) is 0 Å². The van der Waals surface area contributed by atoms with Crippen LogP contribution in [-0.2, 0) is 9.53 Å². The van der Waals surface area contributed by atoms with E-state index in [1.807, 2.05) is 13.8 Å². The molecule has 5 heteroatoms. The Labute approximate surface area is 77.6 Å². The van der Waals surface area contributed by atoms with Gasteiger partial charge >= 0.3 is 6.09 Å². The molecule has 3 N–H and O–H groups in total. The normalized spacial score (nSPS) is 14.4. The number of nitrogens with two attached hydrogens (primary N) is 1. The zero-order chi connectivity index (χ0) is 10.4. The summed E-state index contributed by atoms with van der Waals surface area (Å²) in [6.45, 7) is 3.75. The summed E-state index contributed by atoms with van der Waals surface area (Å²) in [6, 6.07) is -0.655. The quantitative estimate of drug-likeness (QED) is 0.663. The first-order valence-electron chi connectivity index (χ1n) is 4.16. The monoisotopic (exact) mass is 188 g/mol. The fourth-order valence-corrected chi connectivity index (χ4v) is 0.915. The first-order chi connectivity index (χ1) is 6.02. The molecule has 0 spiro atoms. The van der Waals surface area contributed by atoms with Gasteiger partial charge in [0.15, 0.2) is 0 Å². The zero-order valence-corrected chi connectivity index (χ0v) is 8.16. The molecule has 0 aromatic carbocycles. The summed E-state index contributed by atoms with van der Waals surface area (Å²) in [7, 11) is 1.24. The maximum absolute atomic E-state index is 10.9. The van der Waals surface area contributed by atoms with Gasteiger partial charge in [-0.2, -0.15) is 0 Å². The van der Waals surface area contributed by atoms with E-state index in [0.717, 1.165) is 6.42 Å². The van der Waals surface area contributed by atoms with Crippen LogP contribution in [0.25, 0.3) is 0 Å². The molecule has 0 rings (SSSR count). The molecular formula is C8H16N2O3. The van der Waals surface area contributed by atoms with Gasteiger partial charge in [-0.25, -0.2) is 4.79 Å². The molecule has 0 fully saturated rings. The average molecular weight is 188 g/mol. The number of methoxy groups -OCH3 is 1. The van der Waals surface area contributed by atoms with Crippen molar-refractivity contribution in [3.8, 4) is 0 Å². The average Bonchev–Trinajstić information content (AvgIpc) is 2.11. The van der Waals surface area contributed by atoms with Crippen LogP contribution in [-0.4, -0.2) is 25.2 Å². The predicted octanol–water partition coefficient (Wildman–Crippen LogP) is 0.242. The topological polar surface area (TPSA) is 81.4 Å². The molecule has 5 nitrogen and oxygen atoms in total. The number of nitrogens with one attached hydrogen (secondary N) is 1. The van der Waals surface area contributed by atoms with Gasteiger partial charge in [-0.05, 0) is 5.92 Å². The lowest BCUT2D eigenvalue weighted by atomic mass is 9.99. The van der Waals surface area contributed by atoms with Crippen LogP contribution in [0.4, 0.5) is 4.79 Å². The maximum atomic E-state index is 10.9. The molecule has 0 aliphatic rings. The van der Waals surface area contributed by atoms with Crippen molar-refractivity contribution < 1.29 is 14.3 Å². The standard InChI is InChI=1S/C8H16N2O3/c1-4-5(2)6(7(9)11)10-8(12)13-3/h5-6H,4H2,1-3H3,(H2,9,11)(H,10,12)/t5-,6+/m1/s1. The smallest absolute Gasteiger partial charge is 0.407 e. The van der Waals surface area contributed by atoms with Crippen molar-refractivity contribution in [1.82, 2.24) is 5.32 Å². The minimum absolute atomic E-state index is 0.0107. The predicted molar refractivity (Wildman–Crippen MR) is 48.0 cm³/mol. The van der Waals surface area contributed by atoms with Crippen molar-refractivity contribution in [1.29, 1.82) is 0 Å². The van der Waals surface area contributed by atoms with E-state index in [-0.39, 0.29) is 5.92 Å². The molecule has 0 aliphatic carbocycles. The fourth-order valence-electron chi connectivity index (χ4n) is 0.915. The highest BCUT2D eigenvalue weighted by molar-refractivity contribution is 5.84. The highest BCUT2D eigenvalue weighted by Crippen LogP contribution is 2.06. The first kappa shape index (κ1) is 11.7. The lowest BCUT2D eigenvalue weighted by molar-refractivity contribution is -0.121. The van der Waals surface area contributed by atoms with E-state index in [4.69, 9.17) is 5.73 Å². The number of ether oxygens (including phenoxy) is 1. The van der Waals surface area contributed by atoms with Gasteiger partial charge in [-0.3, -0.25) is 4.79 Å². The summed E-state index contributed by atoms with van der Waals surface area (Å²) in [5.74, 6) is -0.531. The third-order valence-electron chi connectivity index (χ3n) is 1.98. The zero-order valence-electron chi connectivity index (χ0n) is 8.16. The lowest BCUT2D eigenvalue weighted by Gasteiger charge is -2.19. The number of amides is 2. The van der Waals surface area contributed by atoms with Gasteiger partial charge in [0.25, 0.3) is 0 Å². The molecule has 0 saturated carbocycles. The third-order valence-corrected chi connectivity index (χ3v) is 1.98. The van der Waals surface area contributed by atoms with Crippen molar-refractivity contribution in [2.45, 2.75) is 26.3 Å². The molecule has 0 aliphatic heterocycles. The van der Waals surface area contributed by atoms with Gasteiger partial charge in [0.2, 0.25) is 5.91 Å². The summed E-state index contributed by atoms with van der Waals surface area (Å²) in [6.07, 6.45) is 0.126. The molecule has 13 heavy (non-hydrogen) atoms. The van der Waals surface area contributed by atoms with Gasteiger partial charge in [0, 0.05) is 0 Å². The second kappa shape index (κ2) is 5.40. The summed E-state index contributed by atoms with van der Waals surface area (Å²) in [5, 5.41) is 2.38. The minimum atomic E-state index is -0.655. The third kappa shape index (κ3) is 3.78. The summed E-state index contributed by atoms with van der Waals surface area (Å²) in [4.78, 5) is 21.7. The van der Waals surface area contributed by atoms with Crippen LogP contribution in [0.2, 0.25) is 0 Å². The molecule has 2 amide bonds. The highest BCUT2D eigenvalue weighted by atomic mass is 16.5. The molecular weight excluding hydrogens is 172 g/mol. The fraction of sp³-hybridized carbons (Fsp3) is 0.750. The van der Waals surface area contributed by atoms with Gasteiger partial charge in [0.05, 0.1) is 7.11 Å². The Bertz CT molecular complexity index is 194. The number of rotatable bonds is 4. The van der Waals surface area contributed by atoms with E-state index in [0.29, 0.717) is 0 Å². The Morgan fingerprint density at radius 3 is 2.38 bits per heavy atom. The first-order valence-corrected chi connectivity index (χ1v) is 4.16. The SMILES string of the molecule is CC[C@@H](C)[C@H](NC(=O)OC)C(N)=O.